The van der Waals surface area contributed by atoms with Gasteiger partial charge in [-0.15, -0.1) is 20.5 Å². The largest absolute Gasteiger partial charge is 0.508 e. The average molecular weight is 1010 g/mol. The van der Waals surface area contributed by atoms with Crippen molar-refractivity contribution in [2.45, 2.75) is 35.5 Å². The number of phenolic OH excluding ortho intramolecular Hbond substituents is 2. The van der Waals surface area contributed by atoms with E-state index in [1.165, 1.54) is 84.9 Å². The van der Waals surface area contributed by atoms with E-state index in [9.17, 15) is 49.1 Å². The summed E-state index contributed by atoms with van der Waals surface area (Å²) in [4.78, 5) is -1.64. The van der Waals surface area contributed by atoms with Crippen LogP contribution in [0.2, 0.25) is 0 Å². The molecular formula is C49H38N8O11S3. The molecule has 0 atom stereocenters. The molecule has 0 aliphatic carbocycles. The third-order valence-corrected chi connectivity index (χ3v) is 13.5. The van der Waals surface area contributed by atoms with Crippen molar-refractivity contribution < 1.29 is 49.1 Å². The molecule has 8 aromatic rings. The van der Waals surface area contributed by atoms with Crippen LogP contribution >= 0.6 is 0 Å². The minimum Gasteiger partial charge on any atom is -0.508 e. The number of azo groups is 4. The lowest BCUT2D eigenvalue weighted by Crippen LogP contribution is -2.01. The third kappa shape index (κ3) is 11.5. The Hall–Kier alpha value is -8.25. The second-order valence-electron chi connectivity index (χ2n) is 15.9. The molecule has 0 saturated carbocycles. The molecule has 71 heavy (non-hydrogen) atoms. The molecule has 0 aliphatic heterocycles. The Kier molecular flexibility index (Phi) is 13.6. The second kappa shape index (κ2) is 19.6. The second-order valence-corrected chi connectivity index (χ2v) is 20.1. The van der Waals surface area contributed by atoms with Crippen molar-refractivity contribution in [3.05, 3.63) is 161 Å². The predicted octanol–water partition coefficient (Wildman–Crippen LogP) is 13.9. The van der Waals surface area contributed by atoms with Crippen LogP contribution in [0.4, 0.5) is 45.5 Å². The standard InChI is InChI=1S/C49H38N8O11S3/c1-28-4-14-38-40(22-28)46(56-52-42-16-11-35(58)23-29(42)2)20-18-44(38)54-50-33-9-7-31(48(25-33)70(63,64)65)5-6-32-8-10-34(26-49(32)71(66,67)68)51-55-45-19-21-47(57-53-43-17-12-36(59)24-30(43)3)41-27-37(69(60,61)62)13-15-39(41)45/h4-27,58-59H,1-3H3,(H,60,61,62)(H,63,64,65)(H,66,67,68)/b6-5+,54-50?,55-51?,56-52?,57-53?. The van der Waals surface area contributed by atoms with Gasteiger partial charge in [0.25, 0.3) is 30.4 Å². The number of hydrogen-bond donors (Lipinski definition) is 5. The van der Waals surface area contributed by atoms with Crippen molar-refractivity contribution in [3.63, 3.8) is 0 Å². The maximum atomic E-state index is 12.7. The van der Waals surface area contributed by atoms with E-state index in [0.717, 1.165) is 29.3 Å². The Bertz CT molecular complexity index is 3990. The molecule has 0 heterocycles. The summed E-state index contributed by atoms with van der Waals surface area (Å²) in [7, 11) is -14.5. The van der Waals surface area contributed by atoms with Crippen LogP contribution in [0.15, 0.2) is 189 Å². The van der Waals surface area contributed by atoms with Crippen molar-refractivity contribution in [2.75, 3.05) is 0 Å². The summed E-state index contributed by atoms with van der Waals surface area (Å²) in [5.74, 6) is 0.136. The average Bonchev–Trinajstić information content (AvgIpc) is 3.31. The van der Waals surface area contributed by atoms with Crippen LogP contribution in [0.3, 0.4) is 0 Å². The highest BCUT2D eigenvalue weighted by atomic mass is 32.2. The Labute approximate surface area is 405 Å². The van der Waals surface area contributed by atoms with Crippen LogP contribution in [0.25, 0.3) is 33.7 Å². The summed E-state index contributed by atoms with van der Waals surface area (Å²) < 4.78 is 105. The molecule has 8 rings (SSSR count). The Morgan fingerprint density at radius 2 is 0.746 bits per heavy atom. The first-order valence-electron chi connectivity index (χ1n) is 20.9. The number of hydrogen-bond acceptors (Lipinski definition) is 16. The molecule has 0 saturated heterocycles. The predicted molar refractivity (Wildman–Crippen MR) is 266 cm³/mol. The Balaban J connectivity index is 1.08. The van der Waals surface area contributed by atoms with E-state index in [1.54, 1.807) is 38.1 Å². The lowest BCUT2D eigenvalue weighted by molar-refractivity contribution is 0.474. The molecule has 0 amide bonds. The van der Waals surface area contributed by atoms with Crippen LogP contribution in [-0.2, 0) is 30.4 Å². The Morgan fingerprint density at radius 3 is 1.17 bits per heavy atom. The summed E-state index contributed by atoms with van der Waals surface area (Å²) in [5, 5.41) is 55.7. The summed E-state index contributed by atoms with van der Waals surface area (Å²) in [6.45, 7) is 5.42. The van der Waals surface area contributed by atoms with Gasteiger partial charge in [0.2, 0.25) is 0 Å². The first kappa shape index (κ1) is 49.2. The zero-order chi connectivity index (χ0) is 50.8. The summed E-state index contributed by atoms with van der Waals surface area (Å²) in [5.41, 5.74) is 4.40. The van der Waals surface area contributed by atoms with Gasteiger partial charge < -0.3 is 10.2 Å². The fourth-order valence-corrected chi connectivity index (χ4v) is 9.16. The van der Waals surface area contributed by atoms with Gasteiger partial charge in [-0.25, -0.2) is 0 Å². The molecule has 19 nitrogen and oxygen atoms in total. The van der Waals surface area contributed by atoms with Crippen LogP contribution in [0.1, 0.15) is 27.8 Å². The fraction of sp³-hybridized carbons (Fsp3) is 0.0612. The van der Waals surface area contributed by atoms with E-state index < -0.39 is 45.0 Å². The van der Waals surface area contributed by atoms with Crippen LogP contribution in [0.5, 0.6) is 11.5 Å². The van der Waals surface area contributed by atoms with E-state index >= 15 is 0 Å². The van der Waals surface area contributed by atoms with Gasteiger partial charge in [-0.2, -0.15) is 45.7 Å². The van der Waals surface area contributed by atoms with Gasteiger partial charge in [-0.1, -0.05) is 48.0 Å². The van der Waals surface area contributed by atoms with Crippen molar-refractivity contribution in [3.8, 4) is 11.5 Å². The SMILES string of the molecule is Cc1ccc2c(N=Nc3ccc(/C=C/c4ccc(N=Nc5ccc(N=Nc6ccc(O)cc6C)c6cc(S(=O)(=O)O)ccc56)cc4S(=O)(=O)O)c(S(=O)(=O)O)c3)ccc(N=Nc3ccc(O)cc3C)c2c1. The number of rotatable bonds is 13. The van der Waals surface area contributed by atoms with E-state index in [2.05, 4.69) is 40.9 Å². The first-order chi connectivity index (χ1) is 33.6. The van der Waals surface area contributed by atoms with Crippen molar-refractivity contribution in [2.24, 2.45) is 40.9 Å². The third-order valence-electron chi connectivity index (χ3n) is 10.8. The molecule has 0 fully saturated rings. The highest BCUT2D eigenvalue weighted by Gasteiger charge is 2.19. The number of benzene rings is 8. The zero-order valence-corrected chi connectivity index (χ0v) is 39.8. The minimum absolute atomic E-state index is 0.0277. The van der Waals surface area contributed by atoms with Gasteiger partial charge in [0.1, 0.15) is 21.3 Å². The topological polar surface area (TPSA) is 302 Å². The van der Waals surface area contributed by atoms with Crippen LogP contribution < -0.4 is 0 Å². The normalized spacial score (nSPS) is 12.8. The fourth-order valence-electron chi connectivity index (χ4n) is 7.25. The summed E-state index contributed by atoms with van der Waals surface area (Å²) >= 11 is 0. The number of aromatic hydroxyl groups is 2. The van der Waals surface area contributed by atoms with E-state index in [1.807, 2.05) is 25.1 Å². The van der Waals surface area contributed by atoms with Gasteiger partial charge in [-0.3, -0.25) is 13.7 Å². The molecule has 0 radical (unpaired) electrons. The first-order valence-corrected chi connectivity index (χ1v) is 25.2. The lowest BCUT2D eigenvalue weighted by atomic mass is 10.0. The van der Waals surface area contributed by atoms with Crippen molar-refractivity contribution in [1.29, 1.82) is 0 Å². The molecular weight excluding hydrogens is 973 g/mol. The van der Waals surface area contributed by atoms with Crippen LogP contribution in [-0.4, -0.2) is 49.1 Å². The van der Waals surface area contributed by atoms with Gasteiger partial charge >= 0.3 is 0 Å². The smallest absolute Gasteiger partial charge is 0.295 e. The maximum absolute atomic E-state index is 12.7. The van der Waals surface area contributed by atoms with Crippen molar-refractivity contribution >= 4 is 110 Å². The molecule has 22 heteroatoms. The number of nitrogens with zero attached hydrogens (tertiary/aromatic N) is 8. The Morgan fingerprint density at radius 1 is 0.366 bits per heavy atom. The molecule has 0 unspecified atom stereocenters. The molecule has 0 aliphatic rings. The lowest BCUT2D eigenvalue weighted by Gasteiger charge is -2.08. The summed E-state index contributed by atoms with van der Waals surface area (Å²) in [6.07, 6.45) is 2.42. The van der Waals surface area contributed by atoms with Crippen LogP contribution in [0, 0.1) is 20.8 Å². The molecule has 0 aromatic heterocycles. The monoisotopic (exact) mass is 1010 g/mol. The van der Waals surface area contributed by atoms with E-state index in [4.69, 9.17) is 0 Å². The van der Waals surface area contributed by atoms with Gasteiger partial charge in [0.05, 0.1) is 50.4 Å². The number of fused-ring (bicyclic) bond motifs is 2. The zero-order valence-electron chi connectivity index (χ0n) is 37.3. The molecule has 0 bridgehead atoms. The van der Waals surface area contributed by atoms with Gasteiger partial charge in [0, 0.05) is 21.5 Å². The highest BCUT2D eigenvalue weighted by molar-refractivity contribution is 7.86. The number of phenols is 2. The van der Waals surface area contributed by atoms with Gasteiger partial charge in [0.15, 0.2) is 0 Å². The van der Waals surface area contributed by atoms with Gasteiger partial charge in [-0.05, 0) is 146 Å². The molecule has 0 spiro atoms. The highest BCUT2D eigenvalue weighted by Crippen LogP contribution is 2.39. The van der Waals surface area contributed by atoms with Crippen molar-refractivity contribution in [1.82, 2.24) is 0 Å². The van der Waals surface area contributed by atoms with E-state index in [-0.39, 0.29) is 50.8 Å². The van der Waals surface area contributed by atoms with E-state index in [0.29, 0.717) is 44.5 Å². The number of aryl methyl sites for hydroxylation is 3. The minimum atomic E-state index is -4.94. The quantitative estimate of drug-likeness (QED) is 0.0411. The molecule has 8 aromatic carbocycles. The maximum Gasteiger partial charge on any atom is 0.295 e. The molecule has 358 valence electrons. The summed E-state index contributed by atoms with van der Waals surface area (Å²) in [6, 6.07) is 32.3. The molecule has 5 N–H and O–H groups in total.